The Morgan fingerprint density at radius 1 is 0.951 bits per heavy atom. The second-order valence-corrected chi connectivity index (χ2v) is 10.5. The Morgan fingerprint density at radius 3 is 2.10 bits per heavy atom. The summed E-state index contributed by atoms with van der Waals surface area (Å²) in [5.74, 6) is -3.16. The minimum absolute atomic E-state index is 0.0208. The summed E-state index contributed by atoms with van der Waals surface area (Å²) < 4.78 is 38.5. The van der Waals surface area contributed by atoms with Gasteiger partial charge in [0.15, 0.2) is 0 Å². The summed E-state index contributed by atoms with van der Waals surface area (Å²) in [5, 5.41) is 14.4. The van der Waals surface area contributed by atoms with Crippen molar-refractivity contribution in [2.24, 2.45) is 17.2 Å². The van der Waals surface area contributed by atoms with Gasteiger partial charge in [-0.15, -0.1) is 0 Å². The van der Waals surface area contributed by atoms with Crippen LogP contribution in [-0.4, -0.2) is 83.2 Å². The Labute approximate surface area is 237 Å². The van der Waals surface area contributed by atoms with E-state index in [4.69, 9.17) is 17.2 Å². The molecule has 0 radical (unpaired) electrons. The molecule has 0 spiro atoms. The van der Waals surface area contributed by atoms with Crippen molar-refractivity contribution in [3.8, 4) is 0 Å². The zero-order valence-electron chi connectivity index (χ0n) is 23.0. The number of hydrogen-bond donors (Lipinski definition) is 6. The van der Waals surface area contributed by atoms with E-state index in [-0.39, 0.29) is 45.2 Å². The van der Waals surface area contributed by atoms with E-state index in [1.54, 1.807) is 30.3 Å². The van der Waals surface area contributed by atoms with Gasteiger partial charge in [-0.25, -0.2) is 0 Å². The predicted molar refractivity (Wildman–Crippen MR) is 145 cm³/mol. The van der Waals surface area contributed by atoms with Gasteiger partial charge in [0, 0.05) is 19.5 Å². The van der Waals surface area contributed by atoms with Gasteiger partial charge in [-0.05, 0) is 63.5 Å². The number of nitrogens with zero attached hydrogens (tertiary/aromatic N) is 1. The first-order valence-electron chi connectivity index (χ1n) is 13.7. The highest BCUT2D eigenvalue weighted by Crippen LogP contribution is 2.23. The number of unbranched alkanes of at least 4 members (excludes halogenated alkanes) is 1. The quantitative estimate of drug-likeness (QED) is 0.162. The summed E-state index contributed by atoms with van der Waals surface area (Å²) in [6.45, 7) is 0.470. The first-order valence-corrected chi connectivity index (χ1v) is 13.7. The number of carbonyl (C=O) groups excluding carboxylic acids is 3. The van der Waals surface area contributed by atoms with E-state index in [1.165, 1.54) is 4.90 Å². The number of piperidine rings is 1. The number of nitrogens with one attached hydrogen (secondary N) is 2. The normalized spacial score (nSPS) is 17.3. The molecule has 3 unspecified atom stereocenters. The highest BCUT2D eigenvalue weighted by atomic mass is 19.4. The lowest BCUT2D eigenvalue weighted by Gasteiger charge is -2.38. The van der Waals surface area contributed by atoms with Crippen molar-refractivity contribution in [1.29, 1.82) is 0 Å². The summed E-state index contributed by atoms with van der Waals surface area (Å²) in [6.07, 6.45) is -4.93. The Hall–Kier alpha value is -3.23. The smallest absolute Gasteiger partial charge is 0.389 e. The predicted octanol–water partition coefficient (Wildman–Crippen LogP) is 0.792. The molecule has 1 aliphatic rings. The summed E-state index contributed by atoms with van der Waals surface area (Å²) >= 11 is 0. The van der Waals surface area contributed by atoms with Crippen LogP contribution in [0, 0.1) is 0 Å². The van der Waals surface area contributed by atoms with E-state index in [9.17, 15) is 37.5 Å². The van der Waals surface area contributed by atoms with E-state index < -0.39 is 66.4 Å². The second-order valence-electron chi connectivity index (χ2n) is 10.5. The number of aliphatic carboxylic acids is 1. The van der Waals surface area contributed by atoms with Crippen LogP contribution in [-0.2, 0) is 25.6 Å². The van der Waals surface area contributed by atoms with E-state index in [2.05, 4.69) is 10.6 Å². The number of amides is 3. The molecule has 0 bridgehead atoms. The fourth-order valence-electron chi connectivity index (χ4n) is 4.60. The van der Waals surface area contributed by atoms with Crippen molar-refractivity contribution < 1.29 is 37.5 Å². The van der Waals surface area contributed by atoms with Gasteiger partial charge in [-0.3, -0.25) is 19.2 Å². The van der Waals surface area contributed by atoms with Crippen LogP contribution in [0.3, 0.4) is 0 Å². The fourth-order valence-corrected chi connectivity index (χ4v) is 4.60. The van der Waals surface area contributed by atoms with Crippen LogP contribution in [0.15, 0.2) is 30.3 Å². The van der Waals surface area contributed by atoms with E-state index in [0.717, 1.165) is 5.56 Å². The van der Waals surface area contributed by atoms with Crippen molar-refractivity contribution in [3.05, 3.63) is 35.9 Å². The average Bonchev–Trinajstić information content (AvgIpc) is 2.91. The number of carbonyl (C=O) groups is 4. The number of hydrogen-bond acceptors (Lipinski definition) is 7. The molecular weight excluding hydrogens is 545 g/mol. The molecule has 2 rings (SSSR count). The monoisotopic (exact) mass is 586 g/mol. The lowest BCUT2D eigenvalue weighted by atomic mass is 9.88. The highest BCUT2D eigenvalue weighted by Gasteiger charge is 2.40. The molecule has 41 heavy (non-hydrogen) atoms. The Kier molecular flexibility index (Phi) is 13.0. The molecule has 1 aromatic carbocycles. The third-order valence-electron chi connectivity index (χ3n) is 7.18. The number of carboxylic acid groups (broad SMARTS) is 1. The van der Waals surface area contributed by atoms with E-state index in [0.29, 0.717) is 19.4 Å². The first kappa shape index (κ1) is 34.0. The molecule has 0 aromatic heterocycles. The molecule has 1 saturated heterocycles. The third-order valence-corrected chi connectivity index (χ3v) is 7.18. The minimum atomic E-state index is -4.45. The van der Waals surface area contributed by atoms with Crippen LogP contribution in [0.2, 0.25) is 0 Å². The van der Waals surface area contributed by atoms with Crippen molar-refractivity contribution in [3.63, 3.8) is 0 Å². The maximum absolute atomic E-state index is 13.3. The number of carboxylic acids is 1. The lowest BCUT2D eigenvalue weighted by Crippen LogP contribution is -2.60. The van der Waals surface area contributed by atoms with Crippen molar-refractivity contribution in [1.82, 2.24) is 15.5 Å². The summed E-state index contributed by atoms with van der Waals surface area (Å²) in [4.78, 5) is 52.3. The lowest BCUT2D eigenvalue weighted by molar-refractivity contribution is -0.148. The maximum atomic E-state index is 13.3. The zero-order valence-corrected chi connectivity index (χ0v) is 23.0. The fraction of sp³-hybridized carbons (Fsp3) is 0.630. The number of halogens is 3. The van der Waals surface area contributed by atoms with E-state index >= 15 is 0 Å². The Morgan fingerprint density at radius 2 is 1.54 bits per heavy atom. The van der Waals surface area contributed by atoms with Gasteiger partial charge in [0.25, 0.3) is 0 Å². The first-order chi connectivity index (χ1) is 19.3. The zero-order chi connectivity index (χ0) is 30.6. The molecule has 1 fully saturated rings. The van der Waals surface area contributed by atoms with Gasteiger partial charge in [0.1, 0.15) is 17.6 Å². The molecule has 1 heterocycles. The van der Waals surface area contributed by atoms with Crippen LogP contribution >= 0.6 is 0 Å². The third kappa shape index (κ3) is 11.3. The largest absolute Gasteiger partial charge is 0.480 e. The van der Waals surface area contributed by atoms with Crippen LogP contribution < -0.4 is 27.8 Å². The van der Waals surface area contributed by atoms with Gasteiger partial charge < -0.3 is 37.8 Å². The molecule has 11 nitrogen and oxygen atoms in total. The van der Waals surface area contributed by atoms with Gasteiger partial charge in [-0.2, -0.15) is 13.2 Å². The Balaban J connectivity index is 2.14. The molecule has 1 aromatic rings. The second kappa shape index (κ2) is 15.7. The van der Waals surface area contributed by atoms with Gasteiger partial charge in [0.05, 0.1) is 6.04 Å². The maximum Gasteiger partial charge on any atom is 0.389 e. The number of alkyl halides is 3. The van der Waals surface area contributed by atoms with E-state index in [1.807, 2.05) is 0 Å². The molecule has 0 aliphatic carbocycles. The van der Waals surface area contributed by atoms with Gasteiger partial charge >= 0.3 is 12.1 Å². The molecule has 3 atom stereocenters. The van der Waals surface area contributed by atoms with Crippen molar-refractivity contribution >= 4 is 23.7 Å². The number of likely N-dealkylation sites (tertiary alicyclic amines) is 1. The minimum Gasteiger partial charge on any atom is -0.480 e. The van der Waals surface area contributed by atoms with Crippen LogP contribution in [0.25, 0.3) is 0 Å². The topological polar surface area (TPSA) is 194 Å². The van der Waals surface area contributed by atoms with Gasteiger partial charge in [0.2, 0.25) is 17.7 Å². The van der Waals surface area contributed by atoms with Crippen molar-refractivity contribution in [2.45, 2.75) is 87.6 Å². The van der Waals surface area contributed by atoms with Crippen LogP contribution in [0.5, 0.6) is 0 Å². The average molecular weight is 587 g/mol. The number of rotatable bonds is 15. The summed E-state index contributed by atoms with van der Waals surface area (Å²) in [6, 6.07) is 5.40. The molecular formula is C27H41F3N6O5. The molecule has 3 amide bonds. The molecule has 1 aliphatic heterocycles. The van der Waals surface area contributed by atoms with Gasteiger partial charge in [-0.1, -0.05) is 30.3 Å². The van der Waals surface area contributed by atoms with Crippen molar-refractivity contribution in [2.75, 3.05) is 19.6 Å². The van der Waals surface area contributed by atoms with Crippen LogP contribution in [0.1, 0.15) is 56.9 Å². The summed E-state index contributed by atoms with van der Waals surface area (Å²) in [7, 11) is 0. The highest BCUT2D eigenvalue weighted by molar-refractivity contribution is 5.93. The molecule has 9 N–H and O–H groups in total. The molecule has 230 valence electrons. The Bertz CT molecular complexity index is 1020. The molecule has 14 heteroatoms. The summed E-state index contributed by atoms with van der Waals surface area (Å²) in [5.41, 5.74) is 16.8. The van der Waals surface area contributed by atoms with Crippen LogP contribution in [0.4, 0.5) is 13.2 Å². The standard InChI is InChI=1S/C27H41F3N6O5/c28-27(29,30)11-6-10-20(34-22(37)19(32)17-18-7-2-1-3-8-18)23(38)35-21(9-4-5-14-31)24(39)36-15-12-26(33,13-16-36)25(40)41/h1-3,7-8,19-21H,4-6,9-17,31-33H2,(H,34,37)(H,35,38)(H,40,41). The number of nitrogens with two attached hydrogens (primary N) is 3. The number of benzene rings is 1. The SMILES string of the molecule is NCCCCC(NC(=O)C(CCCC(F)(F)F)NC(=O)C(N)Cc1ccccc1)C(=O)N1CCC(N)(C(=O)O)CC1. The molecule has 0 saturated carbocycles.